The van der Waals surface area contributed by atoms with Gasteiger partial charge in [0, 0.05) is 18.5 Å². The van der Waals surface area contributed by atoms with Crippen molar-refractivity contribution in [1.29, 1.82) is 0 Å². The number of amides is 1. The van der Waals surface area contributed by atoms with Crippen molar-refractivity contribution < 1.29 is 4.79 Å². The number of fused-ring (bicyclic) bond motifs is 1. The van der Waals surface area contributed by atoms with Crippen LogP contribution in [0.2, 0.25) is 0 Å². The van der Waals surface area contributed by atoms with Crippen molar-refractivity contribution in [2.24, 2.45) is 11.3 Å². The third-order valence-electron chi connectivity index (χ3n) is 6.10. The molecule has 2 atom stereocenters. The standard InChI is InChI=1S/C18H28N4OS/c23-16(18-7-3-2-6-14(18)10-19-13-18)21-17-20-15(12-24-17)11-22-8-4-1-5-9-22/h12,14,19H,1-11,13H2,(H,20,21,23)/t14-,18+/m0/s1. The molecule has 3 aliphatic rings. The van der Waals surface area contributed by atoms with E-state index in [1.165, 1.54) is 51.6 Å². The Morgan fingerprint density at radius 3 is 3.08 bits per heavy atom. The van der Waals surface area contributed by atoms with E-state index in [1.54, 1.807) is 11.3 Å². The Morgan fingerprint density at radius 2 is 2.21 bits per heavy atom. The summed E-state index contributed by atoms with van der Waals surface area (Å²) in [6.07, 6.45) is 8.57. The Kier molecular flexibility index (Phi) is 4.88. The minimum atomic E-state index is -0.197. The Morgan fingerprint density at radius 1 is 1.33 bits per heavy atom. The van der Waals surface area contributed by atoms with Crippen LogP contribution in [0.3, 0.4) is 0 Å². The largest absolute Gasteiger partial charge is 0.315 e. The summed E-state index contributed by atoms with van der Waals surface area (Å²) in [7, 11) is 0. The van der Waals surface area contributed by atoms with Crippen LogP contribution in [0.1, 0.15) is 50.6 Å². The van der Waals surface area contributed by atoms with Gasteiger partial charge in [0.25, 0.3) is 0 Å². The maximum atomic E-state index is 13.0. The van der Waals surface area contributed by atoms with E-state index in [4.69, 9.17) is 0 Å². The number of aromatic nitrogens is 1. The maximum Gasteiger partial charge on any atom is 0.233 e. The zero-order valence-electron chi connectivity index (χ0n) is 14.4. The van der Waals surface area contributed by atoms with Gasteiger partial charge in [0.05, 0.1) is 11.1 Å². The second-order valence-corrected chi connectivity index (χ2v) is 8.52. The first-order chi connectivity index (χ1) is 11.8. The predicted molar refractivity (Wildman–Crippen MR) is 97.1 cm³/mol. The van der Waals surface area contributed by atoms with E-state index in [9.17, 15) is 4.79 Å². The number of piperidine rings is 1. The first-order valence-corrected chi connectivity index (χ1v) is 10.3. The van der Waals surface area contributed by atoms with Gasteiger partial charge in [-0.05, 0) is 51.2 Å². The molecule has 1 aromatic heterocycles. The quantitative estimate of drug-likeness (QED) is 0.878. The van der Waals surface area contributed by atoms with E-state index >= 15 is 0 Å². The van der Waals surface area contributed by atoms with Gasteiger partial charge in [0.15, 0.2) is 5.13 Å². The van der Waals surface area contributed by atoms with Crippen LogP contribution in [0.5, 0.6) is 0 Å². The number of carbonyl (C=O) groups is 1. The molecule has 4 rings (SSSR count). The van der Waals surface area contributed by atoms with Gasteiger partial charge >= 0.3 is 0 Å². The fourth-order valence-corrected chi connectivity index (χ4v) is 5.39. The monoisotopic (exact) mass is 348 g/mol. The molecule has 3 heterocycles. The number of nitrogens with zero attached hydrogens (tertiary/aromatic N) is 2. The van der Waals surface area contributed by atoms with Crippen LogP contribution in [-0.4, -0.2) is 42.0 Å². The highest BCUT2D eigenvalue weighted by atomic mass is 32.1. The molecule has 0 spiro atoms. The lowest BCUT2D eigenvalue weighted by atomic mass is 9.68. The van der Waals surface area contributed by atoms with Crippen molar-refractivity contribution >= 4 is 22.4 Å². The highest BCUT2D eigenvalue weighted by Gasteiger charge is 2.49. The molecule has 1 aromatic rings. The van der Waals surface area contributed by atoms with Gasteiger partial charge in [-0.2, -0.15) is 0 Å². The van der Waals surface area contributed by atoms with E-state index < -0.39 is 0 Å². The smallest absolute Gasteiger partial charge is 0.233 e. The summed E-state index contributed by atoms with van der Waals surface area (Å²) >= 11 is 1.57. The molecule has 24 heavy (non-hydrogen) atoms. The van der Waals surface area contributed by atoms with Gasteiger partial charge < -0.3 is 10.6 Å². The molecular formula is C18H28N4OS. The minimum Gasteiger partial charge on any atom is -0.315 e. The molecule has 6 heteroatoms. The molecule has 132 valence electrons. The van der Waals surface area contributed by atoms with Crippen molar-refractivity contribution in [1.82, 2.24) is 15.2 Å². The third kappa shape index (κ3) is 3.24. The Hall–Kier alpha value is -0.980. The van der Waals surface area contributed by atoms with Gasteiger partial charge in [-0.3, -0.25) is 9.69 Å². The number of likely N-dealkylation sites (tertiary alicyclic amines) is 1. The van der Waals surface area contributed by atoms with E-state index in [0.717, 1.165) is 36.9 Å². The molecule has 2 aliphatic heterocycles. The Bertz CT molecular complexity index is 583. The van der Waals surface area contributed by atoms with Gasteiger partial charge in [-0.1, -0.05) is 19.3 Å². The van der Waals surface area contributed by atoms with Crippen LogP contribution in [0, 0.1) is 11.3 Å². The summed E-state index contributed by atoms with van der Waals surface area (Å²) in [6, 6.07) is 0. The van der Waals surface area contributed by atoms with E-state index in [1.807, 2.05) is 0 Å². The fourth-order valence-electron chi connectivity index (χ4n) is 4.70. The molecule has 1 saturated carbocycles. The Labute approximate surface area is 148 Å². The summed E-state index contributed by atoms with van der Waals surface area (Å²) in [5.41, 5.74) is 0.899. The predicted octanol–water partition coefficient (Wildman–Crippen LogP) is 2.85. The fraction of sp³-hybridized carbons (Fsp3) is 0.778. The van der Waals surface area contributed by atoms with Crippen LogP contribution < -0.4 is 10.6 Å². The number of hydrogen-bond donors (Lipinski definition) is 2. The SMILES string of the molecule is O=C(Nc1nc(CN2CCCCC2)cs1)[C@@]12CCCC[C@H]1CNC2. The van der Waals surface area contributed by atoms with Crippen molar-refractivity contribution in [3.05, 3.63) is 11.1 Å². The van der Waals surface area contributed by atoms with Crippen LogP contribution in [-0.2, 0) is 11.3 Å². The lowest BCUT2D eigenvalue weighted by Gasteiger charge is -2.36. The molecule has 0 radical (unpaired) electrons. The van der Waals surface area contributed by atoms with Gasteiger partial charge in [-0.25, -0.2) is 4.98 Å². The van der Waals surface area contributed by atoms with Crippen LogP contribution in [0.4, 0.5) is 5.13 Å². The van der Waals surface area contributed by atoms with Gasteiger partial charge in [0.1, 0.15) is 0 Å². The van der Waals surface area contributed by atoms with Crippen LogP contribution in [0.15, 0.2) is 5.38 Å². The number of carbonyl (C=O) groups excluding carboxylic acids is 1. The van der Waals surface area contributed by atoms with Gasteiger partial charge in [0.2, 0.25) is 5.91 Å². The molecule has 2 saturated heterocycles. The lowest BCUT2D eigenvalue weighted by Crippen LogP contribution is -2.44. The van der Waals surface area contributed by atoms with Crippen LogP contribution >= 0.6 is 11.3 Å². The third-order valence-corrected chi connectivity index (χ3v) is 6.90. The summed E-state index contributed by atoms with van der Waals surface area (Å²) in [5.74, 6) is 0.690. The second kappa shape index (κ2) is 7.10. The lowest BCUT2D eigenvalue weighted by molar-refractivity contribution is -0.128. The van der Waals surface area contributed by atoms with E-state index in [-0.39, 0.29) is 11.3 Å². The zero-order valence-corrected chi connectivity index (χ0v) is 15.2. The average Bonchev–Trinajstić information content (AvgIpc) is 3.23. The van der Waals surface area contributed by atoms with Crippen LogP contribution in [0.25, 0.3) is 0 Å². The summed E-state index contributed by atoms with van der Waals surface area (Å²) in [5, 5.41) is 9.47. The topological polar surface area (TPSA) is 57.3 Å². The molecule has 0 aromatic carbocycles. The first-order valence-electron chi connectivity index (χ1n) is 9.45. The molecule has 0 bridgehead atoms. The Balaban J connectivity index is 1.39. The summed E-state index contributed by atoms with van der Waals surface area (Å²) < 4.78 is 0. The molecule has 0 unspecified atom stereocenters. The molecule has 5 nitrogen and oxygen atoms in total. The number of thiazole rings is 1. The molecular weight excluding hydrogens is 320 g/mol. The normalized spacial score (nSPS) is 30.9. The number of anilines is 1. The highest BCUT2D eigenvalue weighted by Crippen LogP contribution is 2.44. The summed E-state index contributed by atoms with van der Waals surface area (Å²) in [6.45, 7) is 5.09. The second-order valence-electron chi connectivity index (χ2n) is 7.66. The first kappa shape index (κ1) is 16.5. The number of rotatable bonds is 4. The number of nitrogens with one attached hydrogen (secondary N) is 2. The minimum absolute atomic E-state index is 0.191. The van der Waals surface area contributed by atoms with Crippen molar-refractivity contribution in [3.63, 3.8) is 0 Å². The number of hydrogen-bond acceptors (Lipinski definition) is 5. The maximum absolute atomic E-state index is 13.0. The van der Waals surface area contributed by atoms with Crippen molar-refractivity contribution in [3.8, 4) is 0 Å². The molecule has 2 N–H and O–H groups in total. The van der Waals surface area contributed by atoms with E-state index in [2.05, 4.69) is 25.9 Å². The molecule has 3 fully saturated rings. The summed E-state index contributed by atoms with van der Waals surface area (Å²) in [4.78, 5) is 20.1. The molecule has 1 amide bonds. The van der Waals surface area contributed by atoms with Crippen molar-refractivity contribution in [2.45, 2.75) is 51.5 Å². The highest BCUT2D eigenvalue weighted by molar-refractivity contribution is 7.13. The molecule has 1 aliphatic carbocycles. The van der Waals surface area contributed by atoms with E-state index in [0.29, 0.717) is 5.92 Å². The van der Waals surface area contributed by atoms with Gasteiger partial charge in [-0.15, -0.1) is 11.3 Å². The average molecular weight is 349 g/mol. The van der Waals surface area contributed by atoms with Crippen molar-refractivity contribution in [2.75, 3.05) is 31.5 Å². The zero-order chi connectivity index (χ0) is 16.4.